The van der Waals surface area contributed by atoms with E-state index in [1.165, 1.54) is 36.4 Å². The van der Waals surface area contributed by atoms with Crippen LogP contribution in [0.2, 0.25) is 0 Å². The Balaban J connectivity index is 2.03. The second kappa shape index (κ2) is 11.4. The molecule has 11 nitrogen and oxygen atoms in total. The maximum absolute atomic E-state index is 14.2. The van der Waals surface area contributed by atoms with Gasteiger partial charge in [0.2, 0.25) is 0 Å². The van der Waals surface area contributed by atoms with E-state index >= 15 is 0 Å². The van der Waals surface area contributed by atoms with E-state index in [1.807, 2.05) is 0 Å². The van der Waals surface area contributed by atoms with Gasteiger partial charge in [-0.2, -0.15) is 12.8 Å². The van der Waals surface area contributed by atoms with Crippen molar-refractivity contribution in [3.63, 3.8) is 0 Å². The van der Waals surface area contributed by atoms with Crippen molar-refractivity contribution in [1.82, 2.24) is 14.1 Å². The molecule has 2 aromatic rings. The summed E-state index contributed by atoms with van der Waals surface area (Å²) in [6, 6.07) is 10.6. The Morgan fingerprint density at radius 3 is 1.97 bits per heavy atom. The number of carbonyl (C=O) groups excluding carboxylic acids is 2. The Morgan fingerprint density at radius 2 is 1.41 bits per heavy atom. The third-order valence-electron chi connectivity index (χ3n) is 6.73. The van der Waals surface area contributed by atoms with Crippen LogP contribution in [-0.4, -0.2) is 63.9 Å². The summed E-state index contributed by atoms with van der Waals surface area (Å²) in [6.45, 7) is 1.76. The molecule has 2 aliphatic rings. The molecule has 1 atom stereocenters. The molecule has 0 amide bonds. The zero-order valence-corrected chi connectivity index (χ0v) is 23.5. The Morgan fingerprint density at radius 1 is 0.821 bits per heavy atom. The van der Waals surface area contributed by atoms with Crippen molar-refractivity contribution in [3.05, 3.63) is 71.6 Å². The average molecular weight is 578 g/mol. The number of hydrazine groups is 1. The minimum absolute atomic E-state index is 0.244. The number of carbonyl (C=O) groups is 2. The molecular weight excluding hydrogens is 546 g/mol. The maximum atomic E-state index is 14.2. The molecular formula is C26H31N3O8S2. The van der Waals surface area contributed by atoms with Gasteiger partial charge in [0, 0.05) is 6.04 Å². The van der Waals surface area contributed by atoms with Crippen molar-refractivity contribution in [2.24, 2.45) is 0 Å². The van der Waals surface area contributed by atoms with E-state index in [4.69, 9.17) is 9.47 Å². The second-order valence-electron chi connectivity index (χ2n) is 9.31. The van der Waals surface area contributed by atoms with Crippen LogP contribution in [0.3, 0.4) is 0 Å². The van der Waals surface area contributed by atoms with Gasteiger partial charge >= 0.3 is 11.9 Å². The van der Waals surface area contributed by atoms with Crippen LogP contribution >= 0.6 is 0 Å². The van der Waals surface area contributed by atoms with Gasteiger partial charge in [-0.15, -0.1) is 0 Å². The Hall–Kier alpha value is -3.42. The molecule has 1 N–H and O–H groups in total. The van der Waals surface area contributed by atoms with Gasteiger partial charge in [-0.1, -0.05) is 59.6 Å². The summed E-state index contributed by atoms with van der Waals surface area (Å²) in [5.74, 6) is -2.58. The lowest BCUT2D eigenvalue weighted by Crippen LogP contribution is -2.53. The molecule has 1 unspecified atom stereocenters. The maximum Gasteiger partial charge on any atom is 0.339 e. The van der Waals surface area contributed by atoms with Gasteiger partial charge in [0.15, 0.2) is 6.04 Å². The highest BCUT2D eigenvalue weighted by Crippen LogP contribution is 2.39. The Labute approximate surface area is 228 Å². The fourth-order valence-electron chi connectivity index (χ4n) is 4.73. The van der Waals surface area contributed by atoms with Crippen LogP contribution in [0.5, 0.6) is 0 Å². The standard InChI is InChI=1S/C26H31N3O8S2/c1-18-14-16-21(17-15-18)38(32,33)28-23(26(31)37-3)22(25(30)36-2)24(27-19-10-6-4-7-11-19)29(28)39(34,35)20-12-8-5-9-13-20/h5,8-9,12-17,19,23,27H,4,6-7,10-11H2,1-3H3. The first-order valence-corrected chi connectivity index (χ1v) is 15.3. The summed E-state index contributed by atoms with van der Waals surface area (Å²) in [5, 5.41) is 3.09. The second-order valence-corrected chi connectivity index (χ2v) is 12.9. The number of hydrogen-bond donors (Lipinski definition) is 1. The van der Waals surface area contributed by atoms with Gasteiger partial charge in [-0.25, -0.2) is 18.0 Å². The van der Waals surface area contributed by atoms with Crippen molar-refractivity contribution in [3.8, 4) is 0 Å². The lowest BCUT2D eigenvalue weighted by Gasteiger charge is -2.34. The predicted molar refractivity (Wildman–Crippen MR) is 141 cm³/mol. The molecule has 1 aliphatic heterocycles. The molecule has 1 heterocycles. The Kier molecular flexibility index (Phi) is 8.33. The number of rotatable bonds is 8. The lowest BCUT2D eigenvalue weighted by molar-refractivity contribution is -0.147. The molecule has 210 valence electrons. The monoisotopic (exact) mass is 577 g/mol. The third kappa shape index (κ3) is 5.38. The highest BCUT2D eigenvalue weighted by molar-refractivity contribution is 7.92. The van der Waals surface area contributed by atoms with Gasteiger partial charge in [-0.05, 0) is 44.0 Å². The molecule has 0 aromatic heterocycles. The normalized spacial score (nSPS) is 19.2. The first-order chi connectivity index (χ1) is 18.5. The number of benzene rings is 2. The van der Waals surface area contributed by atoms with Gasteiger partial charge < -0.3 is 14.8 Å². The highest BCUT2D eigenvalue weighted by atomic mass is 32.2. The summed E-state index contributed by atoms with van der Waals surface area (Å²) < 4.78 is 67.5. The quantitative estimate of drug-likeness (QED) is 0.469. The van der Waals surface area contributed by atoms with E-state index in [0.717, 1.165) is 39.0 Å². The van der Waals surface area contributed by atoms with Gasteiger partial charge in [0.25, 0.3) is 20.0 Å². The molecule has 0 bridgehead atoms. The molecule has 0 saturated heterocycles. The third-order valence-corrected chi connectivity index (χ3v) is 10.2. The fraction of sp³-hybridized carbons (Fsp3) is 0.385. The molecule has 1 aliphatic carbocycles. The van der Waals surface area contributed by atoms with Crippen LogP contribution < -0.4 is 5.32 Å². The first-order valence-electron chi connectivity index (χ1n) is 12.4. The summed E-state index contributed by atoms with van der Waals surface area (Å²) in [6.07, 6.45) is 4.02. The number of aryl methyl sites for hydroxylation is 1. The van der Waals surface area contributed by atoms with Gasteiger partial charge in [-0.3, -0.25) is 0 Å². The lowest BCUT2D eigenvalue weighted by atomic mass is 9.95. The number of hydrogen-bond acceptors (Lipinski definition) is 9. The average Bonchev–Trinajstić information content (AvgIpc) is 3.29. The number of nitrogens with one attached hydrogen (secondary N) is 1. The highest BCUT2D eigenvalue weighted by Gasteiger charge is 2.57. The number of esters is 2. The van der Waals surface area contributed by atoms with E-state index in [0.29, 0.717) is 21.7 Å². The van der Waals surface area contributed by atoms with Crippen LogP contribution in [-0.2, 0) is 39.1 Å². The molecule has 39 heavy (non-hydrogen) atoms. The van der Waals surface area contributed by atoms with E-state index in [9.17, 15) is 26.4 Å². The van der Waals surface area contributed by atoms with Crippen molar-refractivity contribution >= 4 is 32.0 Å². The van der Waals surface area contributed by atoms with Crippen molar-refractivity contribution in [2.45, 2.75) is 60.9 Å². The van der Waals surface area contributed by atoms with Gasteiger partial charge in [0.1, 0.15) is 11.4 Å². The number of methoxy groups -OCH3 is 2. The van der Waals surface area contributed by atoms with E-state index < -0.39 is 43.6 Å². The van der Waals surface area contributed by atoms with E-state index in [2.05, 4.69) is 5.32 Å². The largest absolute Gasteiger partial charge is 0.468 e. The van der Waals surface area contributed by atoms with E-state index in [-0.39, 0.29) is 21.7 Å². The van der Waals surface area contributed by atoms with Crippen LogP contribution in [0.4, 0.5) is 0 Å². The summed E-state index contributed by atoms with van der Waals surface area (Å²) in [7, 11) is -7.36. The topological polar surface area (TPSA) is 139 Å². The minimum Gasteiger partial charge on any atom is -0.468 e. The minimum atomic E-state index is -4.76. The number of ether oxygens (including phenoxy) is 2. The van der Waals surface area contributed by atoms with E-state index in [1.54, 1.807) is 25.1 Å². The van der Waals surface area contributed by atoms with Gasteiger partial charge in [0.05, 0.1) is 24.0 Å². The van der Waals surface area contributed by atoms with Crippen LogP contribution in [0.15, 0.2) is 75.8 Å². The summed E-state index contributed by atoms with van der Waals surface area (Å²) in [5.41, 5.74) is 0.284. The summed E-state index contributed by atoms with van der Waals surface area (Å²) in [4.78, 5) is 25.9. The van der Waals surface area contributed by atoms with Crippen LogP contribution in [0, 0.1) is 6.92 Å². The molecule has 2 aromatic carbocycles. The zero-order valence-electron chi connectivity index (χ0n) is 21.9. The number of sulfonamides is 2. The molecule has 13 heteroatoms. The van der Waals surface area contributed by atoms with Crippen molar-refractivity contribution < 1.29 is 35.9 Å². The van der Waals surface area contributed by atoms with Crippen LogP contribution in [0.25, 0.3) is 0 Å². The van der Waals surface area contributed by atoms with Crippen LogP contribution in [0.1, 0.15) is 37.7 Å². The SMILES string of the molecule is COC(=O)C1=C(NC2CCCCC2)N(S(=O)(=O)c2ccccc2)N(S(=O)(=O)c2ccc(C)cc2)C1C(=O)OC. The smallest absolute Gasteiger partial charge is 0.339 e. The van der Waals surface area contributed by atoms with Crippen molar-refractivity contribution in [2.75, 3.05) is 14.2 Å². The molecule has 1 saturated carbocycles. The molecule has 0 spiro atoms. The fourth-order valence-corrected chi connectivity index (χ4v) is 8.10. The first kappa shape index (κ1) is 28.6. The Bertz CT molecular complexity index is 1470. The molecule has 0 radical (unpaired) electrons. The number of nitrogens with zero attached hydrogens (tertiary/aromatic N) is 2. The summed E-state index contributed by atoms with van der Waals surface area (Å²) >= 11 is 0. The predicted octanol–water partition coefficient (Wildman–Crippen LogP) is 2.45. The van der Waals surface area contributed by atoms with Crippen molar-refractivity contribution in [1.29, 1.82) is 0 Å². The molecule has 4 rings (SSSR count). The zero-order chi connectivity index (χ0) is 28.4. The molecule has 1 fully saturated rings.